The van der Waals surface area contributed by atoms with Crippen LogP contribution in [0.4, 0.5) is 0 Å². The van der Waals surface area contributed by atoms with Gasteiger partial charge in [-0.15, -0.1) is 11.3 Å². The molecule has 1 aliphatic heterocycles. The summed E-state index contributed by atoms with van der Waals surface area (Å²) in [4.78, 5) is 17.6. The molecule has 0 aromatic carbocycles. The Hall–Kier alpha value is -1.36. The molecule has 15 heavy (non-hydrogen) atoms. The van der Waals surface area contributed by atoms with Crippen LogP contribution in [0.5, 0.6) is 6.01 Å². The van der Waals surface area contributed by atoms with E-state index in [0.29, 0.717) is 19.2 Å². The first kappa shape index (κ1) is 8.91. The van der Waals surface area contributed by atoms with Crippen molar-refractivity contribution in [1.29, 1.82) is 0 Å². The van der Waals surface area contributed by atoms with Crippen LogP contribution in [-0.2, 0) is 13.0 Å². The second kappa shape index (κ2) is 3.06. The van der Waals surface area contributed by atoms with Gasteiger partial charge in [-0.3, -0.25) is 9.36 Å². The van der Waals surface area contributed by atoms with Crippen LogP contribution in [0, 0.1) is 0 Å². The minimum atomic E-state index is 0.0310. The van der Waals surface area contributed by atoms with Gasteiger partial charge < -0.3 is 4.74 Å². The highest BCUT2D eigenvalue weighted by atomic mass is 32.1. The fourth-order valence-corrected chi connectivity index (χ4v) is 2.75. The van der Waals surface area contributed by atoms with Gasteiger partial charge in [0.25, 0.3) is 11.6 Å². The monoisotopic (exact) mass is 222 g/mol. The largest absolute Gasteiger partial charge is 0.463 e. The maximum atomic E-state index is 12.0. The standard InChI is InChI=1S/C10H10N2O2S/c1-2-7-8-6(5-15-7)9(13)12-3-4-14-10(12)11-8/h5H,2-4H2,1H3. The van der Waals surface area contributed by atoms with E-state index >= 15 is 0 Å². The van der Waals surface area contributed by atoms with Crippen LogP contribution in [0.15, 0.2) is 10.2 Å². The van der Waals surface area contributed by atoms with Crippen LogP contribution < -0.4 is 10.3 Å². The highest BCUT2D eigenvalue weighted by Gasteiger charge is 2.19. The maximum absolute atomic E-state index is 12.0. The molecule has 0 radical (unpaired) electrons. The Bertz CT molecular complexity index is 585. The quantitative estimate of drug-likeness (QED) is 0.732. The zero-order valence-corrected chi connectivity index (χ0v) is 9.13. The van der Waals surface area contributed by atoms with Crippen molar-refractivity contribution in [3.05, 3.63) is 20.6 Å². The number of aryl methyl sites for hydroxylation is 1. The van der Waals surface area contributed by atoms with E-state index in [2.05, 4.69) is 11.9 Å². The molecule has 0 N–H and O–H groups in total. The summed E-state index contributed by atoms with van der Waals surface area (Å²) >= 11 is 1.60. The number of nitrogens with zero attached hydrogens (tertiary/aromatic N) is 2. The summed E-state index contributed by atoms with van der Waals surface area (Å²) < 4.78 is 6.92. The number of hydrogen-bond donors (Lipinski definition) is 0. The molecule has 78 valence electrons. The fourth-order valence-electron chi connectivity index (χ4n) is 1.84. The Morgan fingerprint density at radius 2 is 2.53 bits per heavy atom. The number of aromatic nitrogens is 2. The van der Waals surface area contributed by atoms with E-state index in [0.717, 1.165) is 22.2 Å². The average molecular weight is 222 g/mol. The van der Waals surface area contributed by atoms with E-state index in [-0.39, 0.29) is 5.56 Å². The highest BCUT2D eigenvalue weighted by Crippen LogP contribution is 2.25. The van der Waals surface area contributed by atoms with Crippen molar-refractivity contribution in [2.24, 2.45) is 0 Å². The number of rotatable bonds is 1. The van der Waals surface area contributed by atoms with Crippen LogP contribution in [0.2, 0.25) is 0 Å². The van der Waals surface area contributed by atoms with Gasteiger partial charge in [0.15, 0.2) is 0 Å². The SMILES string of the molecule is CCc1scc2c(=O)n3c(nc12)OCC3. The molecule has 0 unspecified atom stereocenters. The maximum Gasteiger partial charge on any atom is 0.299 e. The lowest BCUT2D eigenvalue weighted by atomic mass is 10.3. The molecule has 4 nitrogen and oxygen atoms in total. The number of thiophene rings is 1. The summed E-state index contributed by atoms with van der Waals surface area (Å²) in [5.41, 5.74) is 0.851. The average Bonchev–Trinajstić information content (AvgIpc) is 2.83. The van der Waals surface area contributed by atoms with Gasteiger partial charge in [0.2, 0.25) is 0 Å². The molecule has 0 saturated heterocycles. The summed E-state index contributed by atoms with van der Waals surface area (Å²) in [6, 6.07) is 0.473. The van der Waals surface area contributed by atoms with Crippen LogP contribution in [-0.4, -0.2) is 16.2 Å². The smallest absolute Gasteiger partial charge is 0.299 e. The molecular formula is C10H10N2O2S. The van der Waals surface area contributed by atoms with Crippen molar-refractivity contribution in [3.8, 4) is 6.01 Å². The fraction of sp³-hybridized carbons (Fsp3) is 0.400. The van der Waals surface area contributed by atoms with Gasteiger partial charge in [0, 0.05) is 10.3 Å². The molecule has 3 heterocycles. The summed E-state index contributed by atoms with van der Waals surface area (Å²) in [6.45, 7) is 3.24. The predicted octanol–water partition coefficient (Wildman–Crippen LogP) is 1.41. The highest BCUT2D eigenvalue weighted by molar-refractivity contribution is 7.11. The minimum absolute atomic E-state index is 0.0310. The Balaban J connectivity index is 2.43. The van der Waals surface area contributed by atoms with Crippen LogP contribution in [0.1, 0.15) is 11.8 Å². The Kier molecular flexibility index (Phi) is 1.82. The summed E-state index contributed by atoms with van der Waals surface area (Å²) in [7, 11) is 0. The molecule has 5 heteroatoms. The first-order valence-electron chi connectivity index (χ1n) is 4.95. The van der Waals surface area contributed by atoms with Gasteiger partial charge in [0.1, 0.15) is 6.61 Å². The zero-order chi connectivity index (χ0) is 10.4. The first-order valence-corrected chi connectivity index (χ1v) is 5.83. The normalized spacial score (nSPS) is 14.2. The molecule has 0 bridgehead atoms. The first-order chi connectivity index (χ1) is 7.31. The minimum Gasteiger partial charge on any atom is -0.463 e. The summed E-state index contributed by atoms with van der Waals surface area (Å²) in [5.74, 6) is 0. The third-order valence-corrected chi connectivity index (χ3v) is 3.74. The molecule has 0 amide bonds. The van der Waals surface area contributed by atoms with Gasteiger partial charge in [-0.25, -0.2) is 0 Å². The van der Waals surface area contributed by atoms with E-state index in [1.54, 1.807) is 15.9 Å². The van der Waals surface area contributed by atoms with Crippen LogP contribution in [0.25, 0.3) is 10.9 Å². The Morgan fingerprint density at radius 1 is 1.67 bits per heavy atom. The lowest BCUT2D eigenvalue weighted by Gasteiger charge is -2.00. The van der Waals surface area contributed by atoms with E-state index < -0.39 is 0 Å². The topological polar surface area (TPSA) is 44.1 Å². The Morgan fingerprint density at radius 3 is 3.33 bits per heavy atom. The summed E-state index contributed by atoms with van der Waals surface area (Å²) in [5, 5.41) is 2.63. The molecule has 2 aromatic rings. The van der Waals surface area contributed by atoms with Crippen molar-refractivity contribution in [1.82, 2.24) is 9.55 Å². The predicted molar refractivity (Wildman–Crippen MR) is 58.8 cm³/mol. The molecule has 1 aliphatic rings. The number of hydrogen-bond acceptors (Lipinski definition) is 4. The van der Waals surface area contributed by atoms with Crippen LogP contribution >= 0.6 is 11.3 Å². The second-order valence-corrected chi connectivity index (χ2v) is 4.44. The van der Waals surface area contributed by atoms with E-state index in [9.17, 15) is 4.79 Å². The van der Waals surface area contributed by atoms with Gasteiger partial charge in [-0.05, 0) is 6.42 Å². The lowest BCUT2D eigenvalue weighted by Crippen LogP contribution is -2.17. The van der Waals surface area contributed by atoms with Crippen molar-refractivity contribution >= 4 is 22.2 Å². The van der Waals surface area contributed by atoms with Crippen molar-refractivity contribution in [2.75, 3.05) is 6.61 Å². The zero-order valence-electron chi connectivity index (χ0n) is 8.32. The summed E-state index contributed by atoms with van der Waals surface area (Å²) in [6.07, 6.45) is 0.907. The lowest BCUT2D eigenvalue weighted by molar-refractivity contribution is 0.345. The van der Waals surface area contributed by atoms with Gasteiger partial charge in [0.05, 0.1) is 17.4 Å². The van der Waals surface area contributed by atoms with E-state index in [1.165, 1.54) is 0 Å². The van der Waals surface area contributed by atoms with E-state index in [1.807, 2.05) is 5.38 Å². The third-order valence-electron chi connectivity index (χ3n) is 2.62. The molecule has 3 rings (SSSR count). The number of ether oxygens (including phenoxy) is 1. The molecule has 0 saturated carbocycles. The van der Waals surface area contributed by atoms with Gasteiger partial charge >= 0.3 is 0 Å². The molecule has 0 atom stereocenters. The van der Waals surface area contributed by atoms with E-state index in [4.69, 9.17) is 4.74 Å². The van der Waals surface area contributed by atoms with Crippen molar-refractivity contribution in [2.45, 2.75) is 19.9 Å². The molecule has 0 fully saturated rings. The molecule has 0 spiro atoms. The number of fused-ring (bicyclic) bond motifs is 2. The van der Waals surface area contributed by atoms with Crippen molar-refractivity contribution in [3.63, 3.8) is 0 Å². The van der Waals surface area contributed by atoms with Gasteiger partial charge in [-0.2, -0.15) is 4.98 Å². The van der Waals surface area contributed by atoms with Crippen LogP contribution in [0.3, 0.4) is 0 Å². The molecule has 0 aliphatic carbocycles. The van der Waals surface area contributed by atoms with Crippen molar-refractivity contribution < 1.29 is 4.74 Å². The van der Waals surface area contributed by atoms with Gasteiger partial charge in [-0.1, -0.05) is 6.92 Å². The second-order valence-electron chi connectivity index (χ2n) is 3.47. The molecule has 2 aromatic heterocycles. The Labute approximate surface area is 90.1 Å². The third kappa shape index (κ3) is 1.13. The molecular weight excluding hydrogens is 212 g/mol.